The van der Waals surface area contributed by atoms with Crippen molar-refractivity contribution in [1.82, 2.24) is 19.5 Å². The Hall–Kier alpha value is -2.44. The summed E-state index contributed by atoms with van der Waals surface area (Å²) in [5.74, 6) is 0.496. The Morgan fingerprint density at radius 2 is 1.83 bits per heavy atom. The number of hydrogen-bond acceptors (Lipinski definition) is 9. The second-order valence-corrected chi connectivity index (χ2v) is 9.75. The number of anilines is 1. The predicted molar refractivity (Wildman–Crippen MR) is 126 cm³/mol. The first-order chi connectivity index (χ1) is 16.8. The Labute approximate surface area is 202 Å². The number of aryl methyl sites for hydroxylation is 1. The van der Waals surface area contributed by atoms with Crippen LogP contribution in [0.3, 0.4) is 0 Å². The van der Waals surface area contributed by atoms with Crippen LogP contribution in [-0.4, -0.2) is 64.4 Å². The SMILES string of the molecule is CCCCCc1ccc(CNc2ncnc3c2ncn3[C@@H]2O[C@H](COP(=O)(O)O)[C@@H](O)[C@H]2O)cc1. The molecule has 5 N–H and O–H groups in total. The maximum Gasteiger partial charge on any atom is 0.469 e. The third-order valence-electron chi connectivity index (χ3n) is 5.93. The van der Waals surface area contributed by atoms with Crippen molar-refractivity contribution in [3.05, 3.63) is 48.0 Å². The van der Waals surface area contributed by atoms with Crippen molar-refractivity contribution in [3.8, 4) is 0 Å². The van der Waals surface area contributed by atoms with Gasteiger partial charge in [0.15, 0.2) is 23.2 Å². The fourth-order valence-corrected chi connectivity index (χ4v) is 4.36. The molecule has 13 heteroatoms. The Bertz CT molecular complexity index is 1170. The molecule has 3 aromatic rings. The van der Waals surface area contributed by atoms with Gasteiger partial charge in [-0.1, -0.05) is 44.0 Å². The number of unbranched alkanes of at least 4 members (excludes halogenated alkanes) is 2. The van der Waals surface area contributed by atoms with E-state index in [1.165, 1.54) is 42.0 Å². The highest BCUT2D eigenvalue weighted by atomic mass is 31.2. The fraction of sp³-hybridized carbons (Fsp3) is 0.500. The summed E-state index contributed by atoms with van der Waals surface area (Å²) >= 11 is 0. The summed E-state index contributed by atoms with van der Waals surface area (Å²) in [4.78, 5) is 30.6. The Kier molecular flexibility index (Phi) is 8.12. The number of aromatic nitrogens is 4. The van der Waals surface area contributed by atoms with Crippen molar-refractivity contribution < 1.29 is 33.8 Å². The number of rotatable bonds is 11. The topological polar surface area (TPSA) is 172 Å². The molecule has 3 heterocycles. The quantitative estimate of drug-likeness (QED) is 0.190. The summed E-state index contributed by atoms with van der Waals surface area (Å²) in [5, 5.41) is 24.0. The minimum atomic E-state index is -4.75. The Balaban J connectivity index is 1.44. The van der Waals surface area contributed by atoms with Crippen LogP contribution in [0.25, 0.3) is 11.2 Å². The van der Waals surface area contributed by atoms with E-state index in [4.69, 9.17) is 14.5 Å². The van der Waals surface area contributed by atoms with Gasteiger partial charge in [0, 0.05) is 6.54 Å². The molecule has 2 aromatic heterocycles. The van der Waals surface area contributed by atoms with E-state index in [1.807, 2.05) is 0 Å². The second kappa shape index (κ2) is 11.1. The lowest BCUT2D eigenvalue weighted by atomic mass is 10.1. The van der Waals surface area contributed by atoms with Crippen molar-refractivity contribution in [2.45, 2.75) is 63.7 Å². The number of benzene rings is 1. The van der Waals surface area contributed by atoms with Crippen LogP contribution in [0.4, 0.5) is 5.82 Å². The molecule has 4 rings (SSSR count). The number of aliphatic hydroxyl groups is 2. The molecule has 0 radical (unpaired) electrons. The summed E-state index contributed by atoms with van der Waals surface area (Å²) < 4.78 is 22.5. The zero-order valence-electron chi connectivity index (χ0n) is 19.3. The van der Waals surface area contributed by atoms with Gasteiger partial charge in [0.2, 0.25) is 0 Å². The van der Waals surface area contributed by atoms with Gasteiger partial charge in [-0.2, -0.15) is 0 Å². The van der Waals surface area contributed by atoms with E-state index in [2.05, 4.69) is 56.0 Å². The maximum atomic E-state index is 11.0. The van der Waals surface area contributed by atoms with Gasteiger partial charge in [-0.15, -0.1) is 0 Å². The van der Waals surface area contributed by atoms with Gasteiger partial charge in [-0.3, -0.25) is 9.09 Å². The van der Waals surface area contributed by atoms with Crippen molar-refractivity contribution in [2.24, 2.45) is 0 Å². The highest BCUT2D eigenvalue weighted by Crippen LogP contribution is 2.39. The number of fused-ring (bicyclic) bond motifs is 1. The van der Waals surface area contributed by atoms with E-state index < -0.39 is 39.0 Å². The molecular weight excluding hydrogens is 477 g/mol. The zero-order chi connectivity index (χ0) is 25.0. The molecule has 0 spiro atoms. The van der Waals surface area contributed by atoms with Crippen LogP contribution in [-0.2, 0) is 26.8 Å². The number of aliphatic hydroxyl groups excluding tert-OH is 2. The van der Waals surface area contributed by atoms with E-state index in [9.17, 15) is 14.8 Å². The van der Waals surface area contributed by atoms with E-state index in [0.717, 1.165) is 12.0 Å². The molecule has 0 aliphatic carbocycles. The van der Waals surface area contributed by atoms with Crippen molar-refractivity contribution in [2.75, 3.05) is 11.9 Å². The molecule has 1 fully saturated rings. The molecule has 0 bridgehead atoms. The monoisotopic (exact) mass is 507 g/mol. The smallest absolute Gasteiger partial charge is 0.387 e. The molecule has 1 aliphatic rings. The molecule has 4 atom stereocenters. The van der Waals surface area contributed by atoms with Crippen molar-refractivity contribution in [3.63, 3.8) is 0 Å². The summed E-state index contributed by atoms with van der Waals surface area (Å²) in [7, 11) is -4.75. The summed E-state index contributed by atoms with van der Waals surface area (Å²) in [6.07, 6.45) is 2.40. The summed E-state index contributed by atoms with van der Waals surface area (Å²) in [5.41, 5.74) is 3.21. The van der Waals surface area contributed by atoms with Crippen molar-refractivity contribution in [1.29, 1.82) is 0 Å². The lowest BCUT2D eigenvalue weighted by Gasteiger charge is -2.16. The van der Waals surface area contributed by atoms with Crippen molar-refractivity contribution >= 4 is 24.8 Å². The molecule has 0 unspecified atom stereocenters. The first-order valence-corrected chi connectivity index (χ1v) is 13.0. The fourth-order valence-electron chi connectivity index (χ4n) is 4.02. The minimum absolute atomic E-state index is 0.363. The first-order valence-electron chi connectivity index (χ1n) is 11.5. The van der Waals surface area contributed by atoms with Crippen LogP contribution < -0.4 is 5.32 Å². The largest absolute Gasteiger partial charge is 0.469 e. The van der Waals surface area contributed by atoms with Crippen LogP contribution in [0.15, 0.2) is 36.9 Å². The molecule has 1 aliphatic heterocycles. The van der Waals surface area contributed by atoms with Crippen LogP contribution in [0.5, 0.6) is 0 Å². The van der Waals surface area contributed by atoms with Crippen LogP contribution >= 0.6 is 7.82 Å². The molecule has 35 heavy (non-hydrogen) atoms. The lowest BCUT2D eigenvalue weighted by Crippen LogP contribution is -2.33. The normalized spacial score (nSPS) is 22.7. The van der Waals surface area contributed by atoms with Gasteiger partial charge in [-0.05, 0) is 24.0 Å². The van der Waals surface area contributed by atoms with Gasteiger partial charge in [0.05, 0.1) is 12.9 Å². The predicted octanol–water partition coefficient (Wildman–Crippen LogP) is 1.90. The Morgan fingerprint density at radius 3 is 2.54 bits per heavy atom. The summed E-state index contributed by atoms with van der Waals surface area (Å²) in [6.45, 7) is 2.12. The number of nitrogens with zero attached hydrogens (tertiary/aromatic N) is 4. The first kappa shape index (κ1) is 25.6. The molecular formula is C22H30N5O7P. The van der Waals surface area contributed by atoms with Crippen LogP contribution in [0.2, 0.25) is 0 Å². The number of hydrogen-bond donors (Lipinski definition) is 5. The second-order valence-electron chi connectivity index (χ2n) is 8.51. The molecule has 1 saturated heterocycles. The van der Waals surface area contributed by atoms with Gasteiger partial charge in [-0.25, -0.2) is 19.5 Å². The minimum Gasteiger partial charge on any atom is -0.387 e. The van der Waals surface area contributed by atoms with Crippen LogP contribution in [0, 0.1) is 0 Å². The zero-order valence-corrected chi connectivity index (χ0v) is 20.2. The molecule has 190 valence electrons. The van der Waals surface area contributed by atoms with Gasteiger partial charge >= 0.3 is 7.82 Å². The molecule has 0 saturated carbocycles. The van der Waals surface area contributed by atoms with E-state index in [0.29, 0.717) is 23.5 Å². The lowest BCUT2D eigenvalue weighted by molar-refractivity contribution is -0.0504. The standard InChI is InChI=1S/C22H30N5O7P/c1-2-3-4-5-14-6-8-15(9-7-14)10-23-20-17-21(25-12-24-20)27(13-26-17)22-19(29)18(28)16(34-22)11-33-35(30,31)32/h6-9,12-13,16,18-19,22,28-29H,2-5,10-11H2,1H3,(H,23,24,25)(H2,30,31,32)/t16-,18-,19-,22-/m1/s1. The van der Waals surface area contributed by atoms with Gasteiger partial charge in [0.25, 0.3) is 0 Å². The molecule has 12 nitrogen and oxygen atoms in total. The number of phosphoric ester groups is 1. The third kappa shape index (κ3) is 6.22. The highest BCUT2D eigenvalue weighted by molar-refractivity contribution is 7.46. The number of nitrogens with one attached hydrogen (secondary N) is 1. The molecule has 0 amide bonds. The maximum absolute atomic E-state index is 11.0. The highest BCUT2D eigenvalue weighted by Gasteiger charge is 2.45. The summed E-state index contributed by atoms with van der Waals surface area (Å²) in [6, 6.07) is 8.42. The van der Waals surface area contributed by atoms with Gasteiger partial charge in [0.1, 0.15) is 24.6 Å². The van der Waals surface area contributed by atoms with E-state index >= 15 is 0 Å². The average molecular weight is 507 g/mol. The van der Waals surface area contributed by atoms with Gasteiger partial charge < -0.3 is 30.1 Å². The number of ether oxygens (including phenoxy) is 1. The van der Waals surface area contributed by atoms with E-state index in [1.54, 1.807) is 0 Å². The average Bonchev–Trinajstić information content (AvgIpc) is 3.38. The van der Waals surface area contributed by atoms with Crippen LogP contribution in [0.1, 0.15) is 43.5 Å². The Morgan fingerprint density at radius 1 is 1.09 bits per heavy atom. The number of phosphoric acid groups is 1. The number of imidazole rings is 1. The third-order valence-corrected chi connectivity index (χ3v) is 6.41. The van der Waals surface area contributed by atoms with E-state index in [-0.39, 0.29) is 0 Å². The molecule has 1 aromatic carbocycles.